The van der Waals surface area contributed by atoms with Crippen LogP contribution in [0.15, 0.2) is 12.3 Å². The maximum Gasteiger partial charge on any atom is 0.348 e. The third kappa shape index (κ3) is 2.42. The van der Waals surface area contributed by atoms with Gasteiger partial charge >= 0.3 is 5.97 Å². The van der Waals surface area contributed by atoms with E-state index in [2.05, 4.69) is 18.9 Å². The SMILES string of the molecule is COC(=O)c1cc(-c2c(C(C)C)cnn2C)c(C)s1. The van der Waals surface area contributed by atoms with Crippen molar-refractivity contribution in [2.45, 2.75) is 26.7 Å². The first-order valence-corrected chi connectivity index (χ1v) is 6.98. The van der Waals surface area contributed by atoms with Gasteiger partial charge in [0.2, 0.25) is 0 Å². The number of carbonyl (C=O) groups is 1. The minimum atomic E-state index is -0.285. The predicted molar refractivity (Wildman–Crippen MR) is 76.7 cm³/mol. The largest absolute Gasteiger partial charge is 0.465 e. The Labute approximate surface area is 117 Å². The summed E-state index contributed by atoms with van der Waals surface area (Å²) in [7, 11) is 3.33. The highest BCUT2D eigenvalue weighted by atomic mass is 32.1. The molecule has 4 nitrogen and oxygen atoms in total. The molecule has 0 N–H and O–H groups in total. The van der Waals surface area contributed by atoms with E-state index >= 15 is 0 Å². The zero-order valence-electron chi connectivity index (χ0n) is 11.9. The fourth-order valence-electron chi connectivity index (χ4n) is 2.13. The third-order valence-corrected chi connectivity index (χ3v) is 4.18. The summed E-state index contributed by atoms with van der Waals surface area (Å²) in [5.41, 5.74) is 3.34. The highest BCUT2D eigenvalue weighted by Gasteiger charge is 2.20. The lowest BCUT2D eigenvalue weighted by Crippen LogP contribution is -1.98. The van der Waals surface area contributed by atoms with Crippen molar-refractivity contribution in [2.75, 3.05) is 7.11 Å². The van der Waals surface area contributed by atoms with Gasteiger partial charge in [-0.15, -0.1) is 11.3 Å². The van der Waals surface area contributed by atoms with Crippen molar-refractivity contribution >= 4 is 17.3 Å². The number of esters is 1. The Bertz CT molecular complexity index is 611. The molecule has 0 spiro atoms. The lowest BCUT2D eigenvalue weighted by atomic mass is 10.00. The molecule has 0 radical (unpaired) electrons. The molecule has 0 unspecified atom stereocenters. The van der Waals surface area contributed by atoms with Gasteiger partial charge in [-0.2, -0.15) is 5.10 Å². The molecule has 2 heterocycles. The molecule has 0 aliphatic heterocycles. The number of hydrogen-bond acceptors (Lipinski definition) is 4. The van der Waals surface area contributed by atoms with Crippen molar-refractivity contribution in [3.8, 4) is 11.3 Å². The van der Waals surface area contributed by atoms with Crippen molar-refractivity contribution in [1.29, 1.82) is 0 Å². The highest BCUT2D eigenvalue weighted by molar-refractivity contribution is 7.14. The van der Waals surface area contributed by atoms with Crippen molar-refractivity contribution in [1.82, 2.24) is 9.78 Å². The average Bonchev–Trinajstić information content (AvgIpc) is 2.91. The Morgan fingerprint density at radius 1 is 1.47 bits per heavy atom. The number of thiophene rings is 1. The minimum Gasteiger partial charge on any atom is -0.465 e. The Balaban J connectivity index is 2.56. The van der Waals surface area contributed by atoms with E-state index in [4.69, 9.17) is 4.74 Å². The summed E-state index contributed by atoms with van der Waals surface area (Å²) in [4.78, 5) is 13.4. The zero-order valence-corrected chi connectivity index (χ0v) is 12.7. The maximum absolute atomic E-state index is 11.6. The molecule has 0 aliphatic rings. The van der Waals surface area contributed by atoms with Crippen LogP contribution in [0.5, 0.6) is 0 Å². The van der Waals surface area contributed by atoms with Gasteiger partial charge in [0.1, 0.15) is 4.88 Å². The van der Waals surface area contributed by atoms with Crippen LogP contribution < -0.4 is 0 Å². The summed E-state index contributed by atoms with van der Waals surface area (Å²) in [6, 6.07) is 1.90. The van der Waals surface area contributed by atoms with Gasteiger partial charge in [0, 0.05) is 23.1 Å². The van der Waals surface area contributed by atoms with Gasteiger partial charge in [-0.3, -0.25) is 4.68 Å². The zero-order chi connectivity index (χ0) is 14.2. The summed E-state index contributed by atoms with van der Waals surface area (Å²) in [6.07, 6.45) is 1.90. The lowest BCUT2D eigenvalue weighted by Gasteiger charge is -2.08. The van der Waals surface area contributed by atoms with E-state index in [1.54, 1.807) is 0 Å². The van der Waals surface area contributed by atoms with Crippen LogP contribution in [-0.2, 0) is 11.8 Å². The molecule has 2 rings (SSSR count). The Hall–Kier alpha value is -1.62. The van der Waals surface area contributed by atoms with Crippen LogP contribution in [-0.4, -0.2) is 22.9 Å². The first kappa shape index (κ1) is 13.8. The van der Waals surface area contributed by atoms with E-state index < -0.39 is 0 Å². The van der Waals surface area contributed by atoms with Crippen molar-refractivity contribution in [2.24, 2.45) is 7.05 Å². The second kappa shape index (κ2) is 5.17. The quantitative estimate of drug-likeness (QED) is 0.809. The molecule has 0 saturated carbocycles. The van der Waals surface area contributed by atoms with Crippen LogP contribution in [0, 0.1) is 6.92 Å². The van der Waals surface area contributed by atoms with Gasteiger partial charge in [0.25, 0.3) is 0 Å². The molecule has 0 atom stereocenters. The molecular formula is C14H18N2O2S. The van der Waals surface area contributed by atoms with Crippen LogP contribution >= 0.6 is 11.3 Å². The molecule has 102 valence electrons. The first-order valence-electron chi connectivity index (χ1n) is 6.16. The first-order chi connectivity index (χ1) is 8.95. The molecule has 0 aromatic carbocycles. The van der Waals surface area contributed by atoms with Crippen LogP contribution in [0.2, 0.25) is 0 Å². The van der Waals surface area contributed by atoms with E-state index in [0.717, 1.165) is 16.1 Å². The number of methoxy groups -OCH3 is 1. The average molecular weight is 278 g/mol. The number of aryl methyl sites for hydroxylation is 2. The summed E-state index contributed by atoms with van der Waals surface area (Å²) in [5.74, 6) is 0.109. The highest BCUT2D eigenvalue weighted by Crippen LogP contribution is 2.35. The van der Waals surface area contributed by atoms with E-state index in [1.165, 1.54) is 24.0 Å². The molecule has 0 aliphatic carbocycles. The predicted octanol–water partition coefficient (Wildman–Crippen LogP) is 3.37. The fraction of sp³-hybridized carbons (Fsp3) is 0.429. The summed E-state index contributed by atoms with van der Waals surface area (Å²) in [5, 5.41) is 4.33. The normalized spacial score (nSPS) is 11.1. The number of ether oxygens (including phenoxy) is 1. The standard InChI is InChI=1S/C14H18N2O2S/c1-8(2)11-7-15-16(4)13(11)10-6-12(14(17)18-5)19-9(10)3/h6-8H,1-5H3. The lowest BCUT2D eigenvalue weighted by molar-refractivity contribution is 0.0606. The van der Waals surface area contributed by atoms with E-state index in [-0.39, 0.29) is 5.97 Å². The maximum atomic E-state index is 11.6. The number of aromatic nitrogens is 2. The van der Waals surface area contributed by atoms with Crippen LogP contribution in [0.1, 0.15) is 39.9 Å². The number of nitrogens with zero attached hydrogens (tertiary/aromatic N) is 2. The molecular weight excluding hydrogens is 260 g/mol. The summed E-state index contributed by atoms with van der Waals surface area (Å²) >= 11 is 1.46. The molecule has 0 bridgehead atoms. The number of rotatable bonds is 3. The van der Waals surface area contributed by atoms with Gasteiger partial charge in [-0.25, -0.2) is 4.79 Å². The molecule has 19 heavy (non-hydrogen) atoms. The van der Waals surface area contributed by atoms with Crippen LogP contribution in [0.4, 0.5) is 0 Å². The van der Waals surface area contributed by atoms with Gasteiger partial charge < -0.3 is 4.74 Å². The van der Waals surface area contributed by atoms with Gasteiger partial charge in [0.05, 0.1) is 19.0 Å². The fourth-order valence-corrected chi connectivity index (χ4v) is 3.06. The van der Waals surface area contributed by atoms with E-state index in [9.17, 15) is 4.79 Å². The number of hydrogen-bond donors (Lipinski definition) is 0. The third-order valence-electron chi connectivity index (χ3n) is 3.15. The monoisotopic (exact) mass is 278 g/mol. The van der Waals surface area contributed by atoms with E-state index in [0.29, 0.717) is 10.8 Å². The smallest absolute Gasteiger partial charge is 0.348 e. The molecule has 0 amide bonds. The summed E-state index contributed by atoms with van der Waals surface area (Å²) in [6.45, 7) is 6.30. The van der Waals surface area contributed by atoms with Crippen LogP contribution in [0.25, 0.3) is 11.3 Å². The number of carbonyl (C=O) groups excluding carboxylic acids is 1. The van der Waals surface area contributed by atoms with Gasteiger partial charge in [-0.05, 0) is 18.9 Å². The molecule has 5 heteroatoms. The van der Waals surface area contributed by atoms with E-state index in [1.807, 2.05) is 30.9 Å². The second-order valence-corrected chi connectivity index (χ2v) is 6.06. The van der Waals surface area contributed by atoms with Crippen molar-refractivity contribution in [3.63, 3.8) is 0 Å². The molecule has 0 saturated heterocycles. The topological polar surface area (TPSA) is 44.1 Å². The van der Waals surface area contributed by atoms with Crippen LogP contribution in [0.3, 0.4) is 0 Å². The molecule has 0 fully saturated rings. The van der Waals surface area contributed by atoms with Crippen molar-refractivity contribution < 1.29 is 9.53 Å². The van der Waals surface area contributed by atoms with Gasteiger partial charge in [-0.1, -0.05) is 13.8 Å². The van der Waals surface area contributed by atoms with Crippen molar-refractivity contribution in [3.05, 3.63) is 27.6 Å². The minimum absolute atomic E-state index is 0.285. The Kier molecular flexibility index (Phi) is 3.75. The Morgan fingerprint density at radius 2 is 2.16 bits per heavy atom. The Morgan fingerprint density at radius 3 is 2.74 bits per heavy atom. The molecule has 2 aromatic heterocycles. The summed E-state index contributed by atoms with van der Waals surface area (Å²) < 4.78 is 6.65. The molecule has 2 aromatic rings. The second-order valence-electron chi connectivity index (χ2n) is 4.80. The van der Waals surface area contributed by atoms with Gasteiger partial charge in [0.15, 0.2) is 0 Å².